The van der Waals surface area contributed by atoms with Crippen molar-refractivity contribution < 1.29 is 0 Å². The first kappa shape index (κ1) is 14.8. The molecule has 0 bridgehead atoms. The molecule has 20 heavy (non-hydrogen) atoms. The zero-order chi connectivity index (χ0) is 13.9. The van der Waals surface area contributed by atoms with E-state index in [0.29, 0.717) is 24.3 Å². The van der Waals surface area contributed by atoms with Crippen molar-refractivity contribution in [3.63, 3.8) is 0 Å². The molecule has 1 heterocycles. The fraction of sp³-hybridized carbons (Fsp3) is 1.00. The highest BCUT2D eigenvalue weighted by molar-refractivity contribution is 4.91. The minimum atomic E-state index is 0.450. The summed E-state index contributed by atoms with van der Waals surface area (Å²) in [6.45, 7) is 1.17. The summed E-state index contributed by atoms with van der Waals surface area (Å²) < 4.78 is 0. The molecule has 2 saturated carbocycles. The minimum absolute atomic E-state index is 0.450. The lowest BCUT2D eigenvalue weighted by atomic mass is 9.78. The van der Waals surface area contributed by atoms with Crippen molar-refractivity contribution in [1.82, 2.24) is 10.6 Å². The van der Waals surface area contributed by atoms with Gasteiger partial charge in [-0.2, -0.15) is 0 Å². The molecule has 2 aliphatic carbocycles. The van der Waals surface area contributed by atoms with Crippen molar-refractivity contribution in [2.75, 3.05) is 6.54 Å². The monoisotopic (exact) mass is 280 g/mol. The van der Waals surface area contributed by atoms with E-state index in [9.17, 15) is 0 Å². The van der Waals surface area contributed by atoms with Gasteiger partial charge in [-0.1, -0.05) is 0 Å². The number of rotatable bonds is 2. The summed E-state index contributed by atoms with van der Waals surface area (Å²) >= 11 is 0. The van der Waals surface area contributed by atoms with E-state index in [1.165, 1.54) is 64.3 Å². The van der Waals surface area contributed by atoms with Gasteiger partial charge in [0.1, 0.15) is 0 Å². The third-order valence-electron chi connectivity index (χ3n) is 5.89. The standard InChI is InChI=1S/C16H32N4/c17-13-5-1-11(2-6-13)15-9-10-19-16(20-15)12-3-7-14(18)8-4-12/h11-16,19-20H,1-10,17-18H2. The molecular formula is C16H32N4. The van der Waals surface area contributed by atoms with Crippen molar-refractivity contribution >= 4 is 0 Å². The van der Waals surface area contributed by atoms with Crippen LogP contribution in [0.25, 0.3) is 0 Å². The van der Waals surface area contributed by atoms with Gasteiger partial charge in [-0.05, 0) is 76.2 Å². The number of nitrogens with two attached hydrogens (primary N) is 2. The molecule has 0 aromatic rings. The largest absolute Gasteiger partial charge is 0.328 e. The lowest BCUT2D eigenvalue weighted by Crippen LogP contribution is -2.60. The summed E-state index contributed by atoms with van der Waals surface area (Å²) in [5, 5.41) is 7.63. The van der Waals surface area contributed by atoms with Gasteiger partial charge >= 0.3 is 0 Å². The van der Waals surface area contributed by atoms with E-state index in [2.05, 4.69) is 10.6 Å². The lowest BCUT2D eigenvalue weighted by Gasteiger charge is -2.43. The Bertz CT molecular complexity index is 265. The zero-order valence-corrected chi connectivity index (χ0v) is 12.7. The summed E-state index contributed by atoms with van der Waals surface area (Å²) in [6, 6.07) is 1.62. The summed E-state index contributed by atoms with van der Waals surface area (Å²) in [5.74, 6) is 1.63. The van der Waals surface area contributed by atoms with Gasteiger partial charge < -0.3 is 16.8 Å². The van der Waals surface area contributed by atoms with Crippen LogP contribution >= 0.6 is 0 Å². The smallest absolute Gasteiger partial charge is 0.0602 e. The maximum Gasteiger partial charge on any atom is 0.0602 e. The molecule has 0 amide bonds. The average molecular weight is 280 g/mol. The maximum absolute atomic E-state index is 6.04. The molecule has 2 atom stereocenters. The zero-order valence-electron chi connectivity index (χ0n) is 12.7. The van der Waals surface area contributed by atoms with E-state index in [-0.39, 0.29) is 0 Å². The first-order chi connectivity index (χ1) is 9.72. The second kappa shape index (κ2) is 6.73. The van der Waals surface area contributed by atoms with Crippen LogP contribution in [0.1, 0.15) is 57.8 Å². The fourth-order valence-electron chi connectivity index (χ4n) is 4.47. The minimum Gasteiger partial charge on any atom is -0.328 e. The van der Waals surface area contributed by atoms with Crippen LogP contribution in [0.4, 0.5) is 0 Å². The molecule has 6 N–H and O–H groups in total. The molecule has 3 rings (SSSR count). The van der Waals surface area contributed by atoms with Crippen LogP contribution < -0.4 is 22.1 Å². The highest BCUT2D eigenvalue weighted by atomic mass is 15.2. The number of nitrogens with one attached hydrogen (secondary N) is 2. The van der Waals surface area contributed by atoms with E-state index in [1.54, 1.807) is 0 Å². The summed E-state index contributed by atoms with van der Waals surface area (Å²) in [6.07, 6.45) is 11.9. The summed E-state index contributed by atoms with van der Waals surface area (Å²) in [5.41, 5.74) is 12.1. The van der Waals surface area contributed by atoms with Crippen LogP contribution in [-0.4, -0.2) is 30.8 Å². The fourth-order valence-corrected chi connectivity index (χ4v) is 4.47. The van der Waals surface area contributed by atoms with E-state index >= 15 is 0 Å². The molecular weight excluding hydrogens is 248 g/mol. The van der Waals surface area contributed by atoms with Crippen LogP contribution in [0.2, 0.25) is 0 Å². The molecule has 1 saturated heterocycles. The summed E-state index contributed by atoms with van der Waals surface area (Å²) in [4.78, 5) is 0. The van der Waals surface area contributed by atoms with Crippen LogP contribution in [0.3, 0.4) is 0 Å². The number of hydrogen-bond acceptors (Lipinski definition) is 4. The van der Waals surface area contributed by atoms with Crippen LogP contribution in [-0.2, 0) is 0 Å². The van der Waals surface area contributed by atoms with Crippen LogP contribution in [0.15, 0.2) is 0 Å². The normalized spacial score (nSPS) is 47.1. The topological polar surface area (TPSA) is 76.1 Å². The van der Waals surface area contributed by atoms with E-state index in [4.69, 9.17) is 11.5 Å². The molecule has 3 fully saturated rings. The molecule has 4 heteroatoms. The SMILES string of the molecule is NC1CCC(C2CCNC(C3CCC(N)CC3)N2)CC1. The Hall–Kier alpha value is -0.160. The van der Waals surface area contributed by atoms with Gasteiger partial charge in [-0.15, -0.1) is 0 Å². The van der Waals surface area contributed by atoms with Gasteiger partial charge in [0.15, 0.2) is 0 Å². The Labute approximate surface area is 123 Å². The third kappa shape index (κ3) is 3.53. The predicted octanol–water partition coefficient (Wildman–Crippen LogP) is 1.30. The molecule has 0 aromatic heterocycles. The van der Waals surface area contributed by atoms with E-state index in [0.717, 1.165) is 11.8 Å². The van der Waals surface area contributed by atoms with Gasteiger partial charge in [0.25, 0.3) is 0 Å². The van der Waals surface area contributed by atoms with Crippen LogP contribution in [0.5, 0.6) is 0 Å². The third-order valence-corrected chi connectivity index (χ3v) is 5.89. The highest BCUT2D eigenvalue weighted by Gasteiger charge is 2.34. The highest BCUT2D eigenvalue weighted by Crippen LogP contribution is 2.31. The second-order valence-electron chi connectivity index (χ2n) is 7.34. The number of hydrogen-bond donors (Lipinski definition) is 4. The Morgan fingerprint density at radius 1 is 0.650 bits per heavy atom. The molecule has 0 aromatic carbocycles. The summed E-state index contributed by atoms with van der Waals surface area (Å²) in [7, 11) is 0. The quantitative estimate of drug-likeness (QED) is 0.615. The molecule has 3 aliphatic rings. The first-order valence-corrected chi connectivity index (χ1v) is 8.73. The van der Waals surface area contributed by atoms with Crippen LogP contribution in [0, 0.1) is 11.8 Å². The Balaban J connectivity index is 1.51. The van der Waals surface area contributed by atoms with Crippen molar-refractivity contribution in [2.45, 2.75) is 82.1 Å². The van der Waals surface area contributed by atoms with Crippen molar-refractivity contribution in [3.8, 4) is 0 Å². The molecule has 4 nitrogen and oxygen atoms in total. The maximum atomic E-state index is 6.04. The molecule has 2 unspecified atom stereocenters. The lowest BCUT2D eigenvalue weighted by molar-refractivity contribution is 0.137. The van der Waals surface area contributed by atoms with Gasteiger partial charge in [0, 0.05) is 18.1 Å². The van der Waals surface area contributed by atoms with Crippen molar-refractivity contribution in [2.24, 2.45) is 23.3 Å². The van der Waals surface area contributed by atoms with E-state index in [1.807, 2.05) is 0 Å². The van der Waals surface area contributed by atoms with Gasteiger partial charge in [-0.3, -0.25) is 5.32 Å². The van der Waals surface area contributed by atoms with Gasteiger partial charge in [-0.25, -0.2) is 0 Å². The first-order valence-electron chi connectivity index (χ1n) is 8.73. The van der Waals surface area contributed by atoms with Crippen molar-refractivity contribution in [1.29, 1.82) is 0 Å². The van der Waals surface area contributed by atoms with Gasteiger partial charge in [0.05, 0.1) is 6.17 Å². The molecule has 0 spiro atoms. The Kier molecular flexibility index (Phi) is 4.97. The predicted molar refractivity (Wildman–Crippen MR) is 83.2 cm³/mol. The van der Waals surface area contributed by atoms with Crippen molar-refractivity contribution in [3.05, 3.63) is 0 Å². The van der Waals surface area contributed by atoms with E-state index < -0.39 is 0 Å². The second-order valence-corrected chi connectivity index (χ2v) is 7.34. The molecule has 0 radical (unpaired) electrons. The molecule has 1 aliphatic heterocycles. The molecule has 116 valence electrons. The Morgan fingerprint density at radius 3 is 1.80 bits per heavy atom. The Morgan fingerprint density at radius 2 is 1.20 bits per heavy atom. The average Bonchev–Trinajstić information content (AvgIpc) is 2.49. The van der Waals surface area contributed by atoms with Gasteiger partial charge in [0.2, 0.25) is 0 Å².